The molecule has 2 rings (SSSR count). The molecule has 1 unspecified atom stereocenters. The Labute approximate surface area is 123 Å². The van der Waals surface area contributed by atoms with Crippen molar-refractivity contribution in [3.63, 3.8) is 0 Å². The van der Waals surface area contributed by atoms with Crippen molar-refractivity contribution in [2.45, 2.75) is 45.3 Å². The molecule has 0 aliphatic carbocycles. The molecular weight excluding hydrogens is 272 g/mol. The third-order valence-electron chi connectivity index (χ3n) is 3.82. The van der Waals surface area contributed by atoms with Crippen molar-refractivity contribution in [1.82, 2.24) is 9.13 Å². The standard InChI is InChI=1S/C14H24N4O3/c1-3-8-18-12(15)11(13(19)17(2)14(18)20)16-7-6-10-5-4-9-21-10/h10,16H,3-9,15H2,1-2H3. The maximum absolute atomic E-state index is 12.2. The number of nitrogens with one attached hydrogen (secondary N) is 1. The molecule has 3 N–H and O–H groups in total. The molecule has 1 aromatic heterocycles. The average molecular weight is 296 g/mol. The number of ether oxygens (including phenoxy) is 1. The molecule has 0 radical (unpaired) electrons. The Morgan fingerprint density at radius 3 is 2.81 bits per heavy atom. The molecule has 118 valence electrons. The fraction of sp³-hybridized carbons (Fsp3) is 0.714. The summed E-state index contributed by atoms with van der Waals surface area (Å²) in [7, 11) is 1.47. The Morgan fingerprint density at radius 2 is 2.19 bits per heavy atom. The molecule has 0 aromatic carbocycles. The molecule has 2 heterocycles. The van der Waals surface area contributed by atoms with E-state index in [9.17, 15) is 9.59 Å². The van der Waals surface area contributed by atoms with Crippen LogP contribution in [0.15, 0.2) is 9.59 Å². The van der Waals surface area contributed by atoms with Gasteiger partial charge in [-0.2, -0.15) is 0 Å². The summed E-state index contributed by atoms with van der Waals surface area (Å²) in [6.45, 7) is 3.88. The quantitative estimate of drug-likeness (QED) is 0.798. The first-order valence-corrected chi connectivity index (χ1v) is 7.51. The number of nitrogens with two attached hydrogens (primary N) is 1. The maximum atomic E-state index is 12.2. The molecule has 7 nitrogen and oxygen atoms in total. The third-order valence-corrected chi connectivity index (χ3v) is 3.82. The predicted molar refractivity (Wildman–Crippen MR) is 82.7 cm³/mol. The number of nitrogen functional groups attached to an aromatic ring is 1. The second-order valence-corrected chi connectivity index (χ2v) is 5.41. The number of nitrogens with zero attached hydrogens (tertiary/aromatic N) is 2. The highest BCUT2D eigenvalue weighted by Crippen LogP contribution is 2.16. The van der Waals surface area contributed by atoms with E-state index in [2.05, 4.69) is 5.32 Å². The van der Waals surface area contributed by atoms with Crippen molar-refractivity contribution in [3.05, 3.63) is 20.8 Å². The van der Waals surface area contributed by atoms with E-state index >= 15 is 0 Å². The lowest BCUT2D eigenvalue weighted by atomic mass is 10.2. The summed E-state index contributed by atoms with van der Waals surface area (Å²) in [5, 5.41) is 3.08. The van der Waals surface area contributed by atoms with Crippen LogP contribution in [-0.4, -0.2) is 28.4 Å². The van der Waals surface area contributed by atoms with Gasteiger partial charge in [0.2, 0.25) is 0 Å². The Kier molecular flexibility index (Phi) is 5.06. The minimum atomic E-state index is -0.378. The third kappa shape index (κ3) is 3.29. The first-order valence-electron chi connectivity index (χ1n) is 7.51. The second-order valence-electron chi connectivity index (χ2n) is 5.41. The normalized spacial score (nSPS) is 18.1. The van der Waals surface area contributed by atoms with E-state index < -0.39 is 0 Å². The number of hydrogen-bond acceptors (Lipinski definition) is 5. The van der Waals surface area contributed by atoms with Gasteiger partial charge in [-0.3, -0.25) is 13.9 Å². The van der Waals surface area contributed by atoms with Gasteiger partial charge in [0.25, 0.3) is 5.56 Å². The van der Waals surface area contributed by atoms with Crippen LogP contribution in [0.25, 0.3) is 0 Å². The van der Waals surface area contributed by atoms with E-state index in [1.165, 1.54) is 11.6 Å². The second kappa shape index (κ2) is 6.80. The first kappa shape index (κ1) is 15.6. The molecule has 7 heteroatoms. The molecule has 21 heavy (non-hydrogen) atoms. The highest BCUT2D eigenvalue weighted by atomic mass is 16.5. The van der Waals surface area contributed by atoms with Gasteiger partial charge in [-0.25, -0.2) is 4.79 Å². The lowest BCUT2D eigenvalue weighted by Crippen LogP contribution is -2.41. The van der Waals surface area contributed by atoms with Crippen LogP contribution in [0.1, 0.15) is 32.6 Å². The molecule has 1 aromatic rings. The van der Waals surface area contributed by atoms with Crippen LogP contribution in [0.5, 0.6) is 0 Å². The lowest BCUT2D eigenvalue weighted by molar-refractivity contribution is 0.107. The molecule has 0 saturated carbocycles. The van der Waals surface area contributed by atoms with Gasteiger partial charge in [0.15, 0.2) is 0 Å². The molecule has 0 amide bonds. The van der Waals surface area contributed by atoms with Gasteiger partial charge in [0, 0.05) is 26.7 Å². The van der Waals surface area contributed by atoms with E-state index in [-0.39, 0.29) is 23.2 Å². The Hall–Kier alpha value is -1.76. The molecule has 1 aliphatic heterocycles. The fourth-order valence-electron chi connectivity index (χ4n) is 2.62. The molecule has 0 bridgehead atoms. The van der Waals surface area contributed by atoms with Gasteiger partial charge in [0.05, 0.1) is 6.10 Å². The smallest absolute Gasteiger partial charge is 0.332 e. The number of rotatable bonds is 6. The SMILES string of the molecule is CCCn1c(N)c(NCCC2CCCO2)c(=O)n(C)c1=O. The minimum absolute atomic E-state index is 0.220. The molecule has 1 saturated heterocycles. The van der Waals surface area contributed by atoms with E-state index in [4.69, 9.17) is 10.5 Å². The Morgan fingerprint density at radius 1 is 1.43 bits per heavy atom. The van der Waals surface area contributed by atoms with Crippen LogP contribution in [0.4, 0.5) is 11.5 Å². The zero-order valence-corrected chi connectivity index (χ0v) is 12.7. The van der Waals surface area contributed by atoms with Crippen LogP contribution < -0.4 is 22.3 Å². The molecule has 1 atom stereocenters. The zero-order chi connectivity index (χ0) is 15.4. The fourth-order valence-corrected chi connectivity index (χ4v) is 2.62. The van der Waals surface area contributed by atoms with Gasteiger partial charge in [-0.05, 0) is 25.7 Å². The highest BCUT2D eigenvalue weighted by Gasteiger charge is 2.17. The van der Waals surface area contributed by atoms with Gasteiger partial charge < -0.3 is 15.8 Å². The van der Waals surface area contributed by atoms with Crippen molar-refractivity contribution in [3.8, 4) is 0 Å². The summed E-state index contributed by atoms with van der Waals surface area (Å²) in [5.41, 5.74) is 5.55. The molecule has 1 fully saturated rings. The van der Waals surface area contributed by atoms with Crippen molar-refractivity contribution >= 4 is 11.5 Å². The van der Waals surface area contributed by atoms with Crippen molar-refractivity contribution in [2.24, 2.45) is 7.05 Å². The summed E-state index contributed by atoms with van der Waals surface area (Å²) >= 11 is 0. The van der Waals surface area contributed by atoms with Crippen LogP contribution in [0.3, 0.4) is 0 Å². The summed E-state index contributed by atoms with van der Waals surface area (Å²) in [6, 6.07) is 0. The van der Waals surface area contributed by atoms with Crippen molar-refractivity contribution < 1.29 is 4.74 Å². The van der Waals surface area contributed by atoms with Gasteiger partial charge in [-0.1, -0.05) is 6.92 Å². The van der Waals surface area contributed by atoms with Crippen LogP contribution in [0, 0.1) is 0 Å². The van der Waals surface area contributed by atoms with Crippen LogP contribution >= 0.6 is 0 Å². The number of aromatic nitrogens is 2. The zero-order valence-electron chi connectivity index (χ0n) is 12.7. The average Bonchev–Trinajstić information content (AvgIpc) is 2.98. The summed E-state index contributed by atoms with van der Waals surface area (Å²) in [5.74, 6) is 0.220. The Bertz CT molecular complexity index is 599. The highest BCUT2D eigenvalue weighted by molar-refractivity contribution is 5.60. The van der Waals surface area contributed by atoms with E-state index in [0.29, 0.717) is 18.8 Å². The molecule has 0 spiro atoms. The molecule has 1 aliphatic rings. The molecular formula is C14H24N4O3. The van der Waals surface area contributed by atoms with E-state index in [0.717, 1.165) is 36.9 Å². The van der Waals surface area contributed by atoms with Crippen LogP contribution in [-0.2, 0) is 18.3 Å². The monoisotopic (exact) mass is 296 g/mol. The summed E-state index contributed by atoms with van der Waals surface area (Å²) in [4.78, 5) is 24.2. The summed E-state index contributed by atoms with van der Waals surface area (Å²) < 4.78 is 8.08. The largest absolute Gasteiger partial charge is 0.383 e. The Balaban J connectivity index is 2.17. The van der Waals surface area contributed by atoms with Gasteiger partial charge in [-0.15, -0.1) is 0 Å². The first-order chi connectivity index (χ1) is 10.1. The minimum Gasteiger partial charge on any atom is -0.383 e. The van der Waals surface area contributed by atoms with Crippen LogP contribution in [0.2, 0.25) is 0 Å². The van der Waals surface area contributed by atoms with E-state index in [1.54, 1.807) is 0 Å². The maximum Gasteiger partial charge on any atom is 0.332 e. The topological polar surface area (TPSA) is 91.3 Å². The van der Waals surface area contributed by atoms with Crippen molar-refractivity contribution in [2.75, 3.05) is 24.2 Å². The van der Waals surface area contributed by atoms with Gasteiger partial charge >= 0.3 is 5.69 Å². The summed E-state index contributed by atoms with van der Waals surface area (Å²) in [6.07, 6.45) is 4.01. The lowest BCUT2D eigenvalue weighted by Gasteiger charge is -2.16. The number of hydrogen-bond donors (Lipinski definition) is 2. The van der Waals surface area contributed by atoms with Gasteiger partial charge in [0.1, 0.15) is 11.5 Å². The van der Waals surface area contributed by atoms with Crippen molar-refractivity contribution in [1.29, 1.82) is 0 Å². The predicted octanol–water partition coefficient (Wildman–Crippen LogP) is 0.520. The van der Waals surface area contributed by atoms with E-state index in [1.807, 2.05) is 6.92 Å². The number of anilines is 2.